The summed E-state index contributed by atoms with van der Waals surface area (Å²) in [7, 11) is 0. The minimum Gasteiger partial charge on any atom is -0.349 e. The number of nitrogens with one attached hydrogen (secondary N) is 1. The molecule has 8 heteroatoms. The van der Waals surface area contributed by atoms with Crippen LogP contribution < -0.4 is 11.1 Å². The van der Waals surface area contributed by atoms with Gasteiger partial charge < -0.3 is 16.0 Å². The number of amides is 1. The van der Waals surface area contributed by atoms with Crippen LogP contribution in [-0.2, 0) is 6.42 Å². The van der Waals surface area contributed by atoms with E-state index in [1.807, 2.05) is 0 Å². The van der Waals surface area contributed by atoms with Gasteiger partial charge in [-0.25, -0.2) is 4.98 Å². The molecule has 5 nitrogen and oxygen atoms in total. The Morgan fingerprint density at radius 1 is 1.33 bits per heavy atom. The number of nitrogens with two attached hydrogens (primary N) is 1. The number of piperidine rings is 1. The standard InChI is InChI=1S/C13H22N4OS.2ClH/c14-5-4-12-16-11(10-19-12)13(18)15-6-9-17-7-2-1-3-8-17;;/h10H,1-9,14H2,(H,15,18);2*1H. The summed E-state index contributed by atoms with van der Waals surface area (Å²) in [6.07, 6.45) is 4.64. The van der Waals surface area contributed by atoms with Gasteiger partial charge in [-0.15, -0.1) is 36.2 Å². The minimum atomic E-state index is -0.0727. The summed E-state index contributed by atoms with van der Waals surface area (Å²) in [5.74, 6) is -0.0727. The molecule has 1 aliphatic heterocycles. The average molecular weight is 355 g/mol. The molecule has 0 bridgehead atoms. The summed E-state index contributed by atoms with van der Waals surface area (Å²) in [6, 6.07) is 0. The molecule has 0 saturated carbocycles. The van der Waals surface area contributed by atoms with Crippen molar-refractivity contribution >= 4 is 42.1 Å². The van der Waals surface area contributed by atoms with Crippen molar-refractivity contribution in [2.75, 3.05) is 32.7 Å². The fourth-order valence-electron chi connectivity index (χ4n) is 2.25. The van der Waals surface area contributed by atoms with E-state index in [9.17, 15) is 4.79 Å². The van der Waals surface area contributed by atoms with Crippen molar-refractivity contribution in [2.24, 2.45) is 5.73 Å². The Balaban J connectivity index is 0.00000200. The molecule has 0 unspecified atom stereocenters. The summed E-state index contributed by atoms with van der Waals surface area (Å²) in [4.78, 5) is 18.6. The topological polar surface area (TPSA) is 71.2 Å². The van der Waals surface area contributed by atoms with Gasteiger partial charge in [-0.05, 0) is 32.5 Å². The summed E-state index contributed by atoms with van der Waals surface area (Å²) in [6.45, 7) is 4.53. The molecule has 1 fully saturated rings. The summed E-state index contributed by atoms with van der Waals surface area (Å²) < 4.78 is 0. The van der Waals surface area contributed by atoms with E-state index < -0.39 is 0 Å². The molecule has 122 valence electrons. The van der Waals surface area contributed by atoms with Gasteiger partial charge in [0.15, 0.2) is 0 Å². The molecule has 0 spiro atoms. The van der Waals surface area contributed by atoms with Crippen molar-refractivity contribution < 1.29 is 4.79 Å². The van der Waals surface area contributed by atoms with Gasteiger partial charge >= 0.3 is 0 Å². The Hall–Kier alpha value is -0.400. The highest BCUT2D eigenvalue weighted by Crippen LogP contribution is 2.10. The van der Waals surface area contributed by atoms with Gasteiger partial charge in [0.2, 0.25) is 0 Å². The largest absolute Gasteiger partial charge is 0.349 e. The normalized spacial score (nSPS) is 14.9. The molecular formula is C13H24Cl2N4OS. The predicted molar refractivity (Wildman–Crippen MR) is 92.0 cm³/mol. The summed E-state index contributed by atoms with van der Waals surface area (Å²) in [5, 5.41) is 5.67. The second-order valence-electron chi connectivity index (χ2n) is 4.82. The van der Waals surface area contributed by atoms with Crippen LogP contribution in [0.4, 0.5) is 0 Å². The van der Waals surface area contributed by atoms with Crippen molar-refractivity contribution in [1.82, 2.24) is 15.2 Å². The van der Waals surface area contributed by atoms with Crippen molar-refractivity contribution in [3.8, 4) is 0 Å². The molecule has 21 heavy (non-hydrogen) atoms. The lowest BCUT2D eigenvalue weighted by atomic mass is 10.1. The summed E-state index contributed by atoms with van der Waals surface area (Å²) in [5.41, 5.74) is 5.99. The van der Waals surface area contributed by atoms with Crippen LogP contribution in [-0.4, -0.2) is 48.5 Å². The molecule has 1 aromatic heterocycles. The third-order valence-corrected chi connectivity index (χ3v) is 4.21. The van der Waals surface area contributed by atoms with Crippen molar-refractivity contribution in [2.45, 2.75) is 25.7 Å². The lowest BCUT2D eigenvalue weighted by molar-refractivity contribution is 0.0942. The second-order valence-corrected chi connectivity index (χ2v) is 5.77. The Bertz CT molecular complexity index is 411. The molecule has 3 N–H and O–H groups in total. The first-order chi connectivity index (χ1) is 9.29. The molecule has 1 saturated heterocycles. The number of halogens is 2. The van der Waals surface area contributed by atoms with E-state index in [1.54, 1.807) is 5.38 Å². The van der Waals surface area contributed by atoms with E-state index >= 15 is 0 Å². The van der Waals surface area contributed by atoms with Gasteiger partial charge in [0.05, 0.1) is 5.01 Å². The van der Waals surface area contributed by atoms with Crippen LogP contribution in [0.5, 0.6) is 0 Å². The zero-order valence-electron chi connectivity index (χ0n) is 12.0. The van der Waals surface area contributed by atoms with Crippen LogP contribution in [0.3, 0.4) is 0 Å². The van der Waals surface area contributed by atoms with Crippen LogP contribution in [0, 0.1) is 0 Å². The smallest absolute Gasteiger partial charge is 0.270 e. The molecular weight excluding hydrogens is 331 g/mol. The van der Waals surface area contributed by atoms with Crippen LogP contribution in [0.25, 0.3) is 0 Å². The number of carbonyl (C=O) groups excluding carboxylic acids is 1. The maximum Gasteiger partial charge on any atom is 0.270 e. The van der Waals surface area contributed by atoms with E-state index in [1.165, 1.54) is 30.6 Å². The van der Waals surface area contributed by atoms with Gasteiger partial charge in [0.1, 0.15) is 5.69 Å². The molecule has 1 aliphatic rings. The van der Waals surface area contributed by atoms with E-state index in [2.05, 4.69) is 15.2 Å². The van der Waals surface area contributed by atoms with Gasteiger partial charge in [0.25, 0.3) is 5.91 Å². The first-order valence-corrected chi connectivity index (χ1v) is 7.82. The lowest BCUT2D eigenvalue weighted by Crippen LogP contribution is -2.37. The molecule has 2 heterocycles. The number of nitrogens with zero attached hydrogens (tertiary/aromatic N) is 2. The lowest BCUT2D eigenvalue weighted by Gasteiger charge is -2.26. The van der Waals surface area contributed by atoms with Crippen LogP contribution >= 0.6 is 36.2 Å². The Morgan fingerprint density at radius 2 is 2.05 bits per heavy atom. The zero-order chi connectivity index (χ0) is 13.5. The van der Waals surface area contributed by atoms with E-state index in [0.29, 0.717) is 18.8 Å². The SMILES string of the molecule is Cl.Cl.NCCc1nc(C(=O)NCCN2CCCCC2)cs1. The highest BCUT2D eigenvalue weighted by molar-refractivity contribution is 7.09. The quantitative estimate of drug-likeness (QED) is 0.815. The van der Waals surface area contributed by atoms with Crippen LogP contribution in [0.15, 0.2) is 5.38 Å². The number of aromatic nitrogens is 1. The Morgan fingerprint density at radius 3 is 2.71 bits per heavy atom. The maximum absolute atomic E-state index is 11.9. The second kappa shape index (κ2) is 11.2. The first-order valence-electron chi connectivity index (χ1n) is 6.94. The monoisotopic (exact) mass is 354 g/mol. The molecule has 0 radical (unpaired) electrons. The fourth-order valence-corrected chi connectivity index (χ4v) is 3.05. The van der Waals surface area contributed by atoms with Crippen LogP contribution in [0.2, 0.25) is 0 Å². The zero-order valence-corrected chi connectivity index (χ0v) is 14.5. The number of carbonyl (C=O) groups is 1. The fraction of sp³-hybridized carbons (Fsp3) is 0.692. The van der Waals surface area contributed by atoms with E-state index in [-0.39, 0.29) is 30.7 Å². The molecule has 0 atom stereocenters. The molecule has 2 rings (SSSR count). The van der Waals surface area contributed by atoms with Gasteiger partial charge in [0, 0.05) is 24.9 Å². The van der Waals surface area contributed by atoms with Crippen molar-refractivity contribution in [1.29, 1.82) is 0 Å². The Kier molecular flexibility index (Phi) is 11.0. The van der Waals surface area contributed by atoms with E-state index in [0.717, 1.165) is 31.1 Å². The highest BCUT2D eigenvalue weighted by atomic mass is 35.5. The van der Waals surface area contributed by atoms with Crippen LogP contribution in [0.1, 0.15) is 34.8 Å². The third kappa shape index (κ3) is 6.93. The molecule has 1 amide bonds. The molecule has 1 aromatic rings. The molecule has 0 aromatic carbocycles. The number of thiazole rings is 1. The number of likely N-dealkylation sites (tertiary alicyclic amines) is 1. The Labute approximate surface area is 142 Å². The van der Waals surface area contributed by atoms with Gasteiger partial charge in [-0.3, -0.25) is 4.79 Å². The highest BCUT2D eigenvalue weighted by Gasteiger charge is 2.12. The number of hydrogen-bond donors (Lipinski definition) is 2. The van der Waals surface area contributed by atoms with E-state index in [4.69, 9.17) is 5.73 Å². The predicted octanol–water partition coefficient (Wildman–Crippen LogP) is 1.70. The third-order valence-electron chi connectivity index (χ3n) is 3.30. The number of hydrogen-bond acceptors (Lipinski definition) is 5. The summed E-state index contributed by atoms with van der Waals surface area (Å²) >= 11 is 1.50. The number of rotatable bonds is 6. The molecule has 0 aliphatic carbocycles. The maximum atomic E-state index is 11.9. The van der Waals surface area contributed by atoms with Gasteiger partial charge in [-0.1, -0.05) is 6.42 Å². The van der Waals surface area contributed by atoms with Gasteiger partial charge in [-0.2, -0.15) is 0 Å². The van der Waals surface area contributed by atoms with Crippen molar-refractivity contribution in [3.05, 3.63) is 16.1 Å². The average Bonchev–Trinajstić information content (AvgIpc) is 2.89. The minimum absolute atomic E-state index is 0. The van der Waals surface area contributed by atoms with Crippen molar-refractivity contribution in [3.63, 3.8) is 0 Å². The first kappa shape index (κ1) is 20.6.